The molecule has 2 saturated heterocycles. The number of likely N-dealkylation sites (tertiary alicyclic amines) is 1. The van der Waals surface area contributed by atoms with Gasteiger partial charge in [-0.25, -0.2) is 19.6 Å². The highest BCUT2D eigenvalue weighted by Gasteiger charge is 2.34. The molecule has 4 aromatic rings. The Morgan fingerprint density at radius 3 is 2.59 bits per heavy atom. The average molecular weight is 728 g/mol. The summed E-state index contributed by atoms with van der Waals surface area (Å²) in [5, 5.41) is 6.42. The molecule has 0 spiro atoms. The summed E-state index contributed by atoms with van der Waals surface area (Å²) in [6, 6.07) is 6.09. The second-order valence-corrected chi connectivity index (χ2v) is 13.3. The molecular weight excluding hydrogens is 687 g/mol. The maximum atomic E-state index is 14.0. The topological polar surface area (TPSA) is 131 Å². The fourth-order valence-corrected chi connectivity index (χ4v) is 7.38. The number of pyridine rings is 2. The lowest BCUT2D eigenvalue weighted by Crippen LogP contribution is -2.44. The Morgan fingerprint density at radius 2 is 1.86 bits per heavy atom. The number of hydrogen-bond acceptors (Lipinski definition) is 10. The smallest absolute Gasteiger partial charge is 0.434 e. The highest BCUT2D eigenvalue weighted by molar-refractivity contribution is 7.13. The van der Waals surface area contributed by atoms with Gasteiger partial charge in [-0.2, -0.15) is 13.2 Å². The van der Waals surface area contributed by atoms with Crippen LogP contribution in [0.2, 0.25) is 0 Å². The van der Waals surface area contributed by atoms with Crippen LogP contribution in [-0.2, 0) is 15.7 Å². The van der Waals surface area contributed by atoms with E-state index in [0.29, 0.717) is 23.2 Å². The predicted molar refractivity (Wildman–Crippen MR) is 188 cm³/mol. The predicted octanol–water partition coefficient (Wildman–Crippen LogP) is 5.49. The van der Waals surface area contributed by atoms with Gasteiger partial charge in [-0.1, -0.05) is 6.07 Å². The fraction of sp³-hybridized carbons (Fsp3) is 0.457. The summed E-state index contributed by atoms with van der Waals surface area (Å²) in [6.07, 6.45) is 0.150. The van der Waals surface area contributed by atoms with Gasteiger partial charge in [0.2, 0.25) is 5.43 Å². The molecule has 6 rings (SSSR count). The van der Waals surface area contributed by atoms with Crippen molar-refractivity contribution in [3.8, 4) is 21.7 Å². The van der Waals surface area contributed by atoms with E-state index in [4.69, 9.17) is 9.47 Å². The lowest BCUT2D eigenvalue weighted by Gasteiger charge is -2.36. The largest absolute Gasteiger partial charge is 0.462 e. The number of morpholine rings is 1. The van der Waals surface area contributed by atoms with Gasteiger partial charge in [0.15, 0.2) is 5.69 Å². The van der Waals surface area contributed by atoms with Gasteiger partial charge in [0.05, 0.1) is 25.3 Å². The minimum atomic E-state index is -4.65. The van der Waals surface area contributed by atoms with Crippen molar-refractivity contribution in [1.29, 1.82) is 0 Å². The van der Waals surface area contributed by atoms with Gasteiger partial charge in [-0.3, -0.25) is 15.0 Å². The highest BCUT2D eigenvalue weighted by atomic mass is 32.1. The van der Waals surface area contributed by atoms with E-state index in [2.05, 4.69) is 30.4 Å². The molecule has 2 fully saturated rings. The molecule has 0 bridgehead atoms. The van der Waals surface area contributed by atoms with Crippen LogP contribution in [0.5, 0.6) is 0 Å². The minimum Gasteiger partial charge on any atom is -0.462 e. The quantitative estimate of drug-likeness (QED) is 0.204. The number of thiazole rings is 1. The molecule has 51 heavy (non-hydrogen) atoms. The number of rotatable bonds is 10. The molecule has 0 saturated carbocycles. The molecule has 0 unspecified atom stereocenters. The number of carbonyl (C=O) groups excluding carboxylic acids is 2. The van der Waals surface area contributed by atoms with E-state index in [-0.39, 0.29) is 40.0 Å². The highest BCUT2D eigenvalue weighted by Crippen LogP contribution is 2.39. The Bertz CT molecular complexity index is 1940. The molecule has 2 N–H and O–H groups in total. The number of urea groups is 1. The van der Waals surface area contributed by atoms with E-state index in [0.717, 1.165) is 82.0 Å². The van der Waals surface area contributed by atoms with E-state index in [1.807, 2.05) is 4.57 Å². The number of piperidine rings is 1. The lowest BCUT2D eigenvalue weighted by atomic mass is 9.98. The van der Waals surface area contributed by atoms with Gasteiger partial charge in [-0.15, -0.1) is 11.3 Å². The van der Waals surface area contributed by atoms with E-state index in [1.165, 1.54) is 12.3 Å². The normalized spacial score (nSPS) is 17.4. The maximum Gasteiger partial charge on any atom is 0.434 e. The van der Waals surface area contributed by atoms with Crippen LogP contribution in [0.3, 0.4) is 0 Å². The van der Waals surface area contributed by atoms with Crippen molar-refractivity contribution >= 4 is 40.1 Å². The molecule has 1 atom stereocenters. The first-order valence-corrected chi connectivity index (χ1v) is 17.9. The number of aromatic nitrogens is 3. The SMILES string of the molecule is CCNC(=O)Nc1cc(-c2nc(C(F)(F)F)cs2)c(-c2ccc3c(c2)c(=O)c(C(=O)OCC)cn3[C@H]2CCCN(CCN3CCOCC3)C2)cn1. The number of esters is 1. The fourth-order valence-electron chi connectivity index (χ4n) is 6.53. The number of ether oxygens (including phenoxy) is 2. The van der Waals surface area contributed by atoms with Crippen molar-refractivity contribution in [3.05, 3.63) is 63.5 Å². The zero-order valence-electron chi connectivity index (χ0n) is 28.4. The first-order chi connectivity index (χ1) is 24.5. The molecular formula is C35H40F3N7O5S. The summed E-state index contributed by atoms with van der Waals surface area (Å²) in [7, 11) is 0. The van der Waals surface area contributed by atoms with Gasteiger partial charge < -0.3 is 24.3 Å². The zero-order chi connectivity index (χ0) is 36.1. The van der Waals surface area contributed by atoms with Gasteiger partial charge in [0.1, 0.15) is 16.4 Å². The molecule has 0 aliphatic carbocycles. The van der Waals surface area contributed by atoms with E-state index in [9.17, 15) is 27.6 Å². The van der Waals surface area contributed by atoms with Crippen molar-refractivity contribution < 1.29 is 32.2 Å². The van der Waals surface area contributed by atoms with Crippen LogP contribution < -0.4 is 16.1 Å². The number of fused-ring (bicyclic) bond motifs is 1. The Morgan fingerprint density at radius 1 is 1.08 bits per heavy atom. The summed E-state index contributed by atoms with van der Waals surface area (Å²) < 4.78 is 53.5. The maximum absolute atomic E-state index is 14.0. The number of benzene rings is 1. The van der Waals surface area contributed by atoms with E-state index < -0.39 is 29.3 Å². The summed E-state index contributed by atoms with van der Waals surface area (Å²) in [5.74, 6) is -0.624. The van der Waals surface area contributed by atoms with Crippen LogP contribution in [0.1, 0.15) is 48.8 Å². The average Bonchev–Trinajstić information content (AvgIpc) is 3.63. The molecule has 16 heteroatoms. The molecule has 272 valence electrons. The molecule has 12 nitrogen and oxygen atoms in total. The Labute approximate surface area is 296 Å². The van der Waals surface area contributed by atoms with Gasteiger partial charge in [0, 0.05) is 79.6 Å². The molecule has 1 aromatic carbocycles. The zero-order valence-corrected chi connectivity index (χ0v) is 29.2. The molecule has 3 aromatic heterocycles. The van der Waals surface area contributed by atoms with E-state index in [1.54, 1.807) is 38.2 Å². The molecule has 5 heterocycles. The number of nitrogens with zero attached hydrogens (tertiary/aromatic N) is 5. The molecule has 2 aliphatic rings. The number of nitrogens with one attached hydrogen (secondary N) is 2. The van der Waals surface area contributed by atoms with Crippen LogP contribution in [0, 0.1) is 0 Å². The van der Waals surface area contributed by atoms with Gasteiger partial charge in [-0.05, 0) is 57.0 Å². The number of halogens is 3. The lowest BCUT2D eigenvalue weighted by molar-refractivity contribution is -0.140. The van der Waals surface area contributed by atoms with Gasteiger partial charge >= 0.3 is 18.2 Å². The minimum absolute atomic E-state index is 0.0291. The number of hydrogen-bond donors (Lipinski definition) is 2. The summed E-state index contributed by atoms with van der Waals surface area (Å²) in [5.41, 5.74) is 0.104. The molecule has 2 amide bonds. The summed E-state index contributed by atoms with van der Waals surface area (Å²) >= 11 is 0.801. The van der Waals surface area contributed by atoms with Crippen LogP contribution in [0.4, 0.5) is 23.8 Å². The second-order valence-electron chi connectivity index (χ2n) is 12.4. The third-order valence-electron chi connectivity index (χ3n) is 9.06. The number of amides is 2. The van der Waals surface area contributed by atoms with Crippen molar-refractivity contribution in [2.75, 3.05) is 71.0 Å². The summed E-state index contributed by atoms with van der Waals surface area (Å²) in [6.45, 7) is 10.6. The van der Waals surface area contributed by atoms with E-state index >= 15 is 0 Å². The van der Waals surface area contributed by atoms with Crippen LogP contribution in [-0.4, -0.2) is 102 Å². The standard InChI is InChI=1S/C35H40F3N7O5S/c1-3-39-34(48)42-30-17-24(32-41-29(21-51-32)35(36,37)38)26(18-40-30)22-7-8-28-25(16-22)31(46)27(33(47)50-4-2)20-45(28)23-6-5-9-44(19-23)11-10-43-12-14-49-15-13-43/h7-8,16-18,20-21,23H,3-6,9-15,19H2,1-2H3,(H2,39,40,42,48)/t23-/m0/s1. The van der Waals surface area contributed by atoms with Crippen molar-refractivity contribution in [3.63, 3.8) is 0 Å². The molecule has 2 aliphatic heterocycles. The second kappa shape index (κ2) is 15.9. The Balaban J connectivity index is 1.41. The van der Waals surface area contributed by atoms with Crippen molar-refractivity contribution in [1.82, 2.24) is 29.7 Å². The first-order valence-electron chi connectivity index (χ1n) is 17.0. The Kier molecular flexibility index (Phi) is 11.3. The molecule has 0 radical (unpaired) electrons. The third kappa shape index (κ3) is 8.41. The number of alkyl halides is 3. The summed E-state index contributed by atoms with van der Waals surface area (Å²) in [4.78, 5) is 52.3. The van der Waals surface area contributed by atoms with Gasteiger partial charge in [0.25, 0.3) is 0 Å². The van der Waals surface area contributed by atoms with Crippen LogP contribution in [0.15, 0.2) is 46.8 Å². The van der Waals surface area contributed by atoms with Crippen molar-refractivity contribution in [2.45, 2.75) is 38.9 Å². The monoisotopic (exact) mass is 727 g/mol. The number of anilines is 1. The first kappa shape index (κ1) is 36.4. The van der Waals surface area contributed by atoms with Crippen LogP contribution in [0.25, 0.3) is 32.6 Å². The number of carbonyl (C=O) groups is 2. The van der Waals surface area contributed by atoms with Crippen molar-refractivity contribution in [2.24, 2.45) is 0 Å². The van der Waals surface area contributed by atoms with Crippen LogP contribution >= 0.6 is 11.3 Å². The Hall–Kier alpha value is -4.38. The third-order valence-corrected chi connectivity index (χ3v) is 9.93.